The Hall–Kier alpha value is -0.870. The Balaban J connectivity index is 2.28. The lowest BCUT2D eigenvalue weighted by atomic mass is 9.94. The highest BCUT2D eigenvalue weighted by Crippen LogP contribution is 2.31. The van der Waals surface area contributed by atoms with Crippen LogP contribution in [-0.4, -0.2) is 28.2 Å². The molecule has 1 aromatic heterocycles. The predicted molar refractivity (Wildman–Crippen MR) is 77.8 cm³/mol. The monoisotopic (exact) mass is 283 g/mol. The first-order chi connectivity index (χ1) is 8.96. The van der Waals surface area contributed by atoms with Crippen molar-refractivity contribution in [2.24, 2.45) is 0 Å². The Bertz CT molecular complexity index is 466. The van der Waals surface area contributed by atoms with Crippen LogP contribution in [0.3, 0.4) is 0 Å². The van der Waals surface area contributed by atoms with E-state index < -0.39 is 0 Å². The zero-order valence-electron chi connectivity index (χ0n) is 12.1. The number of nitrogens with one attached hydrogen (secondary N) is 1. The van der Waals surface area contributed by atoms with Crippen LogP contribution in [0.25, 0.3) is 0 Å². The number of ether oxygens (including phenoxy) is 1. The van der Waals surface area contributed by atoms with Crippen molar-refractivity contribution in [3.05, 3.63) is 16.5 Å². The highest BCUT2D eigenvalue weighted by atomic mass is 35.5. The summed E-state index contributed by atoms with van der Waals surface area (Å²) in [6.07, 6.45) is 2.99. The van der Waals surface area contributed by atoms with Crippen molar-refractivity contribution in [3.8, 4) is 0 Å². The quantitative estimate of drug-likeness (QED) is 0.861. The van der Waals surface area contributed by atoms with Gasteiger partial charge in [0.05, 0.1) is 11.6 Å². The molecule has 0 aliphatic carbocycles. The zero-order chi connectivity index (χ0) is 14.0. The first-order valence-corrected chi connectivity index (χ1v) is 7.27. The molecule has 2 rings (SSSR count). The third-order valence-corrected chi connectivity index (χ3v) is 4.26. The SMILES string of the molecule is CCCc1nc(Cl)c(C)c(NC2(C)CCOC2C)n1. The molecule has 0 amide bonds. The van der Waals surface area contributed by atoms with Crippen LogP contribution < -0.4 is 5.32 Å². The van der Waals surface area contributed by atoms with Crippen molar-refractivity contribution < 1.29 is 4.74 Å². The minimum atomic E-state index is -0.0913. The molecule has 0 saturated carbocycles. The summed E-state index contributed by atoms with van der Waals surface area (Å²) >= 11 is 6.20. The van der Waals surface area contributed by atoms with Crippen LogP contribution in [0.4, 0.5) is 5.82 Å². The lowest BCUT2D eigenvalue weighted by Crippen LogP contribution is -2.41. The first-order valence-electron chi connectivity index (χ1n) is 6.89. The third-order valence-electron chi connectivity index (χ3n) is 3.90. The highest BCUT2D eigenvalue weighted by molar-refractivity contribution is 6.30. The van der Waals surface area contributed by atoms with E-state index in [-0.39, 0.29) is 11.6 Å². The van der Waals surface area contributed by atoms with Crippen LogP contribution in [0.2, 0.25) is 5.15 Å². The second-order valence-corrected chi connectivity index (χ2v) is 5.82. The largest absolute Gasteiger partial charge is 0.376 e. The summed E-state index contributed by atoms with van der Waals surface area (Å²) in [6.45, 7) is 9.09. The summed E-state index contributed by atoms with van der Waals surface area (Å²) in [5, 5.41) is 4.05. The molecule has 106 valence electrons. The molecular formula is C14H22ClN3O. The molecule has 0 aromatic carbocycles. The van der Waals surface area contributed by atoms with Crippen LogP contribution in [0.5, 0.6) is 0 Å². The maximum atomic E-state index is 6.20. The smallest absolute Gasteiger partial charge is 0.137 e. The van der Waals surface area contributed by atoms with Crippen LogP contribution in [0.1, 0.15) is 45.0 Å². The van der Waals surface area contributed by atoms with Crippen LogP contribution in [0, 0.1) is 6.92 Å². The van der Waals surface area contributed by atoms with Crippen LogP contribution in [-0.2, 0) is 11.2 Å². The van der Waals surface area contributed by atoms with Gasteiger partial charge in [-0.15, -0.1) is 0 Å². The number of nitrogens with zero attached hydrogens (tertiary/aromatic N) is 2. The number of halogens is 1. The lowest BCUT2D eigenvalue weighted by molar-refractivity contribution is 0.105. The lowest BCUT2D eigenvalue weighted by Gasteiger charge is -2.30. The molecule has 5 heteroatoms. The van der Waals surface area contributed by atoms with Gasteiger partial charge >= 0.3 is 0 Å². The summed E-state index contributed by atoms with van der Waals surface area (Å²) in [6, 6.07) is 0. The van der Waals surface area contributed by atoms with Crippen molar-refractivity contribution in [1.82, 2.24) is 9.97 Å². The Labute approximate surface area is 119 Å². The highest BCUT2D eigenvalue weighted by Gasteiger charge is 2.37. The molecule has 1 saturated heterocycles. The van der Waals surface area contributed by atoms with Gasteiger partial charge in [-0.2, -0.15) is 0 Å². The van der Waals surface area contributed by atoms with Crippen molar-refractivity contribution in [2.75, 3.05) is 11.9 Å². The van der Waals surface area contributed by atoms with Crippen molar-refractivity contribution in [1.29, 1.82) is 0 Å². The van der Waals surface area contributed by atoms with E-state index in [1.807, 2.05) is 6.92 Å². The number of rotatable bonds is 4. The molecular weight excluding hydrogens is 262 g/mol. The van der Waals surface area contributed by atoms with Crippen molar-refractivity contribution in [3.63, 3.8) is 0 Å². The normalized spacial score (nSPS) is 26.7. The molecule has 0 radical (unpaired) electrons. The third kappa shape index (κ3) is 3.00. The maximum absolute atomic E-state index is 6.20. The maximum Gasteiger partial charge on any atom is 0.137 e. The summed E-state index contributed by atoms with van der Waals surface area (Å²) in [7, 11) is 0. The zero-order valence-corrected chi connectivity index (χ0v) is 12.8. The van der Waals surface area contributed by atoms with E-state index in [2.05, 4.69) is 36.1 Å². The second-order valence-electron chi connectivity index (χ2n) is 5.46. The van der Waals surface area contributed by atoms with Gasteiger partial charge < -0.3 is 10.1 Å². The molecule has 1 aliphatic heterocycles. The van der Waals surface area contributed by atoms with Gasteiger partial charge in [0.2, 0.25) is 0 Å². The van der Waals surface area contributed by atoms with Crippen molar-refractivity contribution >= 4 is 17.4 Å². The molecule has 2 heterocycles. The molecule has 1 N–H and O–H groups in total. The molecule has 1 aliphatic rings. The summed E-state index contributed by atoms with van der Waals surface area (Å²) in [5.41, 5.74) is 0.813. The molecule has 0 bridgehead atoms. The topological polar surface area (TPSA) is 47.0 Å². The first kappa shape index (κ1) is 14.5. The van der Waals surface area contributed by atoms with Gasteiger partial charge in [0.1, 0.15) is 16.8 Å². The molecule has 1 fully saturated rings. The fourth-order valence-electron chi connectivity index (χ4n) is 2.26. The molecule has 1 aromatic rings. The standard InChI is InChI=1S/C14H22ClN3O/c1-5-6-11-16-12(15)9(2)13(17-11)18-14(4)7-8-19-10(14)3/h10H,5-8H2,1-4H3,(H,16,17,18). The minimum absolute atomic E-state index is 0.0913. The van der Waals surface area contributed by atoms with E-state index in [1.54, 1.807) is 0 Å². The van der Waals surface area contributed by atoms with Crippen molar-refractivity contribution in [2.45, 2.75) is 58.6 Å². The Morgan fingerprint density at radius 2 is 2.21 bits per heavy atom. The fourth-order valence-corrected chi connectivity index (χ4v) is 2.45. The van der Waals surface area contributed by atoms with Gasteiger partial charge in [0.25, 0.3) is 0 Å². The van der Waals surface area contributed by atoms with Gasteiger partial charge in [0.15, 0.2) is 0 Å². The van der Waals surface area contributed by atoms with Gasteiger partial charge in [-0.05, 0) is 33.6 Å². The van der Waals surface area contributed by atoms with E-state index in [4.69, 9.17) is 16.3 Å². The van der Waals surface area contributed by atoms with E-state index in [9.17, 15) is 0 Å². The summed E-state index contributed by atoms with van der Waals surface area (Å²) in [4.78, 5) is 8.93. The van der Waals surface area contributed by atoms with E-state index in [0.29, 0.717) is 5.15 Å². The number of hydrogen-bond acceptors (Lipinski definition) is 4. The molecule has 2 unspecified atom stereocenters. The fraction of sp³-hybridized carbons (Fsp3) is 0.714. The van der Waals surface area contributed by atoms with E-state index in [0.717, 1.165) is 43.1 Å². The van der Waals surface area contributed by atoms with E-state index >= 15 is 0 Å². The number of hydrogen-bond donors (Lipinski definition) is 1. The van der Waals surface area contributed by atoms with Crippen LogP contribution >= 0.6 is 11.6 Å². The number of aromatic nitrogens is 2. The van der Waals surface area contributed by atoms with E-state index in [1.165, 1.54) is 0 Å². The number of anilines is 1. The number of aryl methyl sites for hydroxylation is 1. The summed E-state index contributed by atoms with van der Waals surface area (Å²) < 4.78 is 5.65. The minimum Gasteiger partial charge on any atom is -0.376 e. The predicted octanol–water partition coefficient (Wildman–Crippen LogP) is 3.37. The van der Waals surface area contributed by atoms with Gasteiger partial charge in [0, 0.05) is 18.6 Å². The van der Waals surface area contributed by atoms with Crippen LogP contribution in [0.15, 0.2) is 0 Å². The molecule has 19 heavy (non-hydrogen) atoms. The Morgan fingerprint density at radius 3 is 2.79 bits per heavy atom. The summed E-state index contributed by atoms with van der Waals surface area (Å²) in [5.74, 6) is 1.64. The average molecular weight is 284 g/mol. The Kier molecular flexibility index (Phi) is 4.31. The molecule has 0 spiro atoms. The van der Waals surface area contributed by atoms with Gasteiger partial charge in [-0.1, -0.05) is 18.5 Å². The second kappa shape index (κ2) is 5.63. The molecule has 4 nitrogen and oxygen atoms in total. The molecule has 2 atom stereocenters. The van der Waals surface area contributed by atoms with Gasteiger partial charge in [-0.3, -0.25) is 0 Å². The van der Waals surface area contributed by atoms with Gasteiger partial charge in [-0.25, -0.2) is 9.97 Å². The average Bonchev–Trinajstić information content (AvgIpc) is 2.66. The Morgan fingerprint density at radius 1 is 1.47 bits per heavy atom.